The first-order chi connectivity index (χ1) is 10.0. The van der Waals surface area contributed by atoms with Gasteiger partial charge < -0.3 is 10.4 Å². The van der Waals surface area contributed by atoms with Crippen LogP contribution in [0.25, 0.3) is 6.08 Å². The largest absolute Gasteiger partial charge is 0.478 e. The zero-order valence-corrected chi connectivity index (χ0v) is 11.5. The minimum absolute atomic E-state index is 0.298. The molecule has 6 heteroatoms. The Morgan fingerprint density at radius 1 is 1.14 bits per heavy atom. The minimum atomic E-state index is -1.01. The normalized spacial score (nSPS) is 10.5. The lowest BCUT2D eigenvalue weighted by atomic mass is 10.2. The van der Waals surface area contributed by atoms with Gasteiger partial charge in [0, 0.05) is 18.0 Å². The summed E-state index contributed by atoms with van der Waals surface area (Å²) < 4.78 is 0. The van der Waals surface area contributed by atoms with Crippen LogP contribution in [0, 0.1) is 0 Å². The number of rotatable bonds is 4. The zero-order chi connectivity index (χ0) is 15.2. The van der Waals surface area contributed by atoms with Crippen LogP contribution in [-0.4, -0.2) is 22.0 Å². The van der Waals surface area contributed by atoms with E-state index in [4.69, 9.17) is 16.7 Å². The van der Waals surface area contributed by atoms with Gasteiger partial charge in [0.25, 0.3) is 5.91 Å². The number of nitrogens with zero attached hydrogens (tertiary/aromatic N) is 1. The molecule has 1 aromatic heterocycles. The lowest BCUT2D eigenvalue weighted by Gasteiger charge is -2.05. The number of carboxylic acid groups (broad SMARTS) is 1. The van der Waals surface area contributed by atoms with Crippen molar-refractivity contribution in [3.8, 4) is 0 Å². The monoisotopic (exact) mass is 302 g/mol. The summed E-state index contributed by atoms with van der Waals surface area (Å²) in [4.78, 5) is 26.2. The minimum Gasteiger partial charge on any atom is -0.478 e. The van der Waals surface area contributed by atoms with Crippen LogP contribution in [0.1, 0.15) is 15.9 Å². The van der Waals surface area contributed by atoms with Crippen LogP contribution >= 0.6 is 11.6 Å². The molecule has 1 aromatic carbocycles. The second-order valence-electron chi connectivity index (χ2n) is 4.12. The number of anilines is 1. The third-order valence-electron chi connectivity index (χ3n) is 2.58. The summed E-state index contributed by atoms with van der Waals surface area (Å²) in [6, 6.07) is 9.89. The third-order valence-corrected chi connectivity index (χ3v) is 2.80. The Bertz CT molecular complexity index is 679. The van der Waals surface area contributed by atoms with Crippen LogP contribution in [0.4, 0.5) is 5.69 Å². The van der Waals surface area contributed by atoms with Gasteiger partial charge in [0.2, 0.25) is 0 Å². The number of halogens is 1. The second-order valence-corrected chi connectivity index (χ2v) is 4.50. The Morgan fingerprint density at radius 3 is 2.43 bits per heavy atom. The lowest BCUT2D eigenvalue weighted by molar-refractivity contribution is -0.131. The van der Waals surface area contributed by atoms with Gasteiger partial charge in [-0.25, -0.2) is 9.78 Å². The quantitative estimate of drug-likeness (QED) is 0.672. The summed E-state index contributed by atoms with van der Waals surface area (Å²) in [6.45, 7) is 0. The molecule has 21 heavy (non-hydrogen) atoms. The van der Waals surface area contributed by atoms with Crippen LogP contribution in [0.3, 0.4) is 0 Å². The summed E-state index contributed by atoms with van der Waals surface area (Å²) in [5, 5.41) is 11.6. The Kier molecular flexibility index (Phi) is 4.68. The van der Waals surface area contributed by atoms with Gasteiger partial charge in [0.15, 0.2) is 0 Å². The summed E-state index contributed by atoms with van der Waals surface area (Å²) in [5.74, 6) is -1.31. The topological polar surface area (TPSA) is 79.3 Å². The predicted molar refractivity (Wildman–Crippen MR) is 80.3 cm³/mol. The third kappa shape index (κ3) is 4.43. The number of aromatic nitrogens is 1. The van der Waals surface area contributed by atoms with E-state index in [-0.39, 0.29) is 5.91 Å². The molecular formula is C15H11ClN2O3. The summed E-state index contributed by atoms with van der Waals surface area (Å²) >= 11 is 5.65. The van der Waals surface area contributed by atoms with E-state index in [9.17, 15) is 9.59 Å². The molecule has 0 atom stereocenters. The number of hydrogen-bond acceptors (Lipinski definition) is 3. The molecule has 0 aliphatic carbocycles. The maximum absolute atomic E-state index is 11.9. The maximum atomic E-state index is 11.9. The van der Waals surface area contributed by atoms with Crippen molar-refractivity contribution < 1.29 is 14.7 Å². The molecule has 2 aromatic rings. The van der Waals surface area contributed by atoms with Crippen LogP contribution in [-0.2, 0) is 4.79 Å². The SMILES string of the molecule is O=C(O)/C=C/c1ccc(NC(=O)c2ccc(Cl)nc2)cc1. The number of hydrogen-bond donors (Lipinski definition) is 2. The van der Waals surface area contributed by atoms with Gasteiger partial charge in [-0.3, -0.25) is 4.79 Å². The summed E-state index contributed by atoms with van der Waals surface area (Å²) in [7, 11) is 0. The highest BCUT2D eigenvalue weighted by atomic mass is 35.5. The molecule has 5 nitrogen and oxygen atoms in total. The number of aliphatic carboxylic acids is 1. The maximum Gasteiger partial charge on any atom is 0.328 e. The molecule has 106 valence electrons. The molecule has 0 spiro atoms. The molecule has 0 unspecified atom stereocenters. The first kappa shape index (κ1) is 14.7. The van der Waals surface area contributed by atoms with E-state index in [1.165, 1.54) is 18.3 Å². The van der Waals surface area contributed by atoms with Gasteiger partial charge in [0.1, 0.15) is 5.15 Å². The molecule has 0 saturated carbocycles. The van der Waals surface area contributed by atoms with Gasteiger partial charge in [-0.1, -0.05) is 23.7 Å². The smallest absolute Gasteiger partial charge is 0.328 e. The first-order valence-corrected chi connectivity index (χ1v) is 6.36. The van der Waals surface area contributed by atoms with Crippen molar-refractivity contribution in [3.05, 3.63) is 65.0 Å². The predicted octanol–water partition coefficient (Wildman–Crippen LogP) is 3.09. The van der Waals surface area contributed by atoms with E-state index >= 15 is 0 Å². The molecule has 1 heterocycles. The number of carboxylic acids is 1. The van der Waals surface area contributed by atoms with Crippen LogP contribution in [0.5, 0.6) is 0 Å². The summed E-state index contributed by atoms with van der Waals surface area (Å²) in [6.07, 6.45) is 3.91. The zero-order valence-electron chi connectivity index (χ0n) is 10.8. The van der Waals surface area contributed by atoms with Crippen molar-refractivity contribution in [1.82, 2.24) is 4.98 Å². The van der Waals surface area contributed by atoms with Crippen molar-refractivity contribution in [1.29, 1.82) is 0 Å². The van der Waals surface area contributed by atoms with Gasteiger partial charge in [0.05, 0.1) is 5.56 Å². The van der Waals surface area contributed by atoms with E-state index in [1.54, 1.807) is 30.3 Å². The average Bonchev–Trinajstić information content (AvgIpc) is 2.47. The van der Waals surface area contributed by atoms with Gasteiger partial charge >= 0.3 is 5.97 Å². The number of nitrogens with one attached hydrogen (secondary N) is 1. The molecule has 0 aliphatic rings. The fourth-order valence-electron chi connectivity index (χ4n) is 1.56. The molecule has 2 rings (SSSR count). The van der Waals surface area contributed by atoms with Crippen molar-refractivity contribution in [2.75, 3.05) is 5.32 Å². The van der Waals surface area contributed by atoms with Gasteiger partial charge in [-0.05, 0) is 35.9 Å². The number of benzene rings is 1. The lowest BCUT2D eigenvalue weighted by Crippen LogP contribution is -2.11. The van der Waals surface area contributed by atoms with Crippen LogP contribution in [0.15, 0.2) is 48.7 Å². The van der Waals surface area contributed by atoms with Crippen molar-refractivity contribution in [3.63, 3.8) is 0 Å². The molecule has 0 aliphatic heterocycles. The van der Waals surface area contributed by atoms with Crippen LogP contribution in [0.2, 0.25) is 5.15 Å². The van der Waals surface area contributed by atoms with Crippen molar-refractivity contribution in [2.24, 2.45) is 0 Å². The molecule has 2 N–H and O–H groups in total. The highest BCUT2D eigenvalue weighted by Crippen LogP contribution is 2.13. The fourth-order valence-corrected chi connectivity index (χ4v) is 1.67. The summed E-state index contributed by atoms with van der Waals surface area (Å²) in [5.41, 5.74) is 1.72. The highest BCUT2D eigenvalue weighted by Gasteiger charge is 2.06. The Labute approximate surface area is 125 Å². The highest BCUT2D eigenvalue weighted by molar-refractivity contribution is 6.29. The molecule has 1 amide bonds. The first-order valence-electron chi connectivity index (χ1n) is 5.98. The van der Waals surface area contributed by atoms with Gasteiger partial charge in [-0.2, -0.15) is 0 Å². The Morgan fingerprint density at radius 2 is 1.86 bits per heavy atom. The van der Waals surface area contributed by atoms with Crippen molar-refractivity contribution in [2.45, 2.75) is 0 Å². The Balaban J connectivity index is 2.04. The second kappa shape index (κ2) is 6.67. The van der Waals surface area contributed by atoms with Crippen LogP contribution < -0.4 is 5.32 Å². The molecular weight excluding hydrogens is 292 g/mol. The molecule has 0 bridgehead atoms. The number of carbonyl (C=O) groups excluding carboxylic acids is 1. The fraction of sp³-hybridized carbons (Fsp3) is 0. The van der Waals surface area contributed by atoms with E-state index in [0.29, 0.717) is 16.4 Å². The molecule has 0 saturated heterocycles. The molecule has 0 radical (unpaired) electrons. The standard InChI is InChI=1S/C15H11ClN2O3/c16-13-7-4-11(9-17-13)15(21)18-12-5-1-10(2-6-12)3-8-14(19)20/h1-9H,(H,18,21)(H,19,20)/b8-3+. The number of amides is 1. The van der Waals surface area contributed by atoms with E-state index in [2.05, 4.69) is 10.3 Å². The number of pyridine rings is 1. The number of carbonyl (C=O) groups is 2. The van der Waals surface area contributed by atoms with Gasteiger partial charge in [-0.15, -0.1) is 0 Å². The van der Waals surface area contributed by atoms with E-state index in [0.717, 1.165) is 11.6 Å². The van der Waals surface area contributed by atoms with Crippen molar-refractivity contribution >= 4 is 35.2 Å². The molecule has 0 fully saturated rings. The van der Waals surface area contributed by atoms with E-state index in [1.807, 2.05) is 0 Å². The average molecular weight is 303 g/mol. The Hall–Kier alpha value is -2.66. The van der Waals surface area contributed by atoms with E-state index < -0.39 is 5.97 Å².